The van der Waals surface area contributed by atoms with Crippen molar-refractivity contribution in [2.24, 2.45) is 0 Å². The fourth-order valence-electron chi connectivity index (χ4n) is 3.77. The fraction of sp³-hybridized carbons (Fsp3) is 0.304. The van der Waals surface area contributed by atoms with Crippen LogP contribution in [0.3, 0.4) is 0 Å². The van der Waals surface area contributed by atoms with Crippen molar-refractivity contribution in [2.75, 3.05) is 20.3 Å². The number of carbonyl (C=O) groups is 1. The quantitative estimate of drug-likeness (QED) is 0.635. The van der Waals surface area contributed by atoms with Crippen LogP contribution in [-0.2, 0) is 4.79 Å². The van der Waals surface area contributed by atoms with Crippen LogP contribution in [0, 0.1) is 0 Å². The molecule has 1 amide bonds. The number of benzene rings is 2. The smallest absolute Gasteiger partial charge is 0.247 e. The topological polar surface area (TPSA) is 67.5 Å². The SMILES string of the molecule is CCOc1cc(C=CC(=O)N2CCCC2c2nc3ccccc3[nH]2)ccc1OC. The van der Waals surface area contributed by atoms with Crippen LogP contribution in [0.25, 0.3) is 17.1 Å². The second kappa shape index (κ2) is 8.39. The van der Waals surface area contributed by atoms with Gasteiger partial charge in [-0.15, -0.1) is 0 Å². The molecule has 0 saturated carbocycles. The number of aromatic amines is 1. The van der Waals surface area contributed by atoms with Crippen molar-refractivity contribution in [3.63, 3.8) is 0 Å². The Bertz CT molecular complexity index is 1010. The zero-order valence-corrected chi connectivity index (χ0v) is 16.7. The van der Waals surface area contributed by atoms with Gasteiger partial charge in [-0.2, -0.15) is 0 Å². The molecule has 6 heteroatoms. The summed E-state index contributed by atoms with van der Waals surface area (Å²) in [5, 5.41) is 0. The summed E-state index contributed by atoms with van der Waals surface area (Å²) >= 11 is 0. The van der Waals surface area contributed by atoms with E-state index in [0.29, 0.717) is 18.1 Å². The number of nitrogens with one attached hydrogen (secondary N) is 1. The monoisotopic (exact) mass is 391 g/mol. The van der Waals surface area contributed by atoms with Gasteiger partial charge >= 0.3 is 0 Å². The Balaban J connectivity index is 1.52. The summed E-state index contributed by atoms with van der Waals surface area (Å²) in [5.74, 6) is 2.20. The number of amides is 1. The number of H-pyrrole nitrogens is 1. The molecule has 0 bridgehead atoms. The highest BCUT2D eigenvalue weighted by atomic mass is 16.5. The molecule has 1 atom stereocenters. The van der Waals surface area contributed by atoms with Crippen molar-refractivity contribution < 1.29 is 14.3 Å². The normalized spacial score (nSPS) is 16.6. The molecule has 29 heavy (non-hydrogen) atoms. The maximum Gasteiger partial charge on any atom is 0.247 e. The number of hydrogen-bond donors (Lipinski definition) is 1. The predicted molar refractivity (Wildman–Crippen MR) is 113 cm³/mol. The van der Waals surface area contributed by atoms with E-state index in [-0.39, 0.29) is 11.9 Å². The van der Waals surface area contributed by atoms with Crippen LogP contribution in [0.4, 0.5) is 0 Å². The van der Waals surface area contributed by atoms with E-state index in [9.17, 15) is 4.79 Å². The van der Waals surface area contributed by atoms with Crippen molar-refractivity contribution in [2.45, 2.75) is 25.8 Å². The molecule has 1 aliphatic rings. The van der Waals surface area contributed by atoms with Crippen LogP contribution >= 0.6 is 0 Å². The van der Waals surface area contributed by atoms with Crippen molar-refractivity contribution in [3.05, 3.63) is 59.9 Å². The highest BCUT2D eigenvalue weighted by Crippen LogP contribution is 2.32. The highest BCUT2D eigenvalue weighted by molar-refractivity contribution is 5.92. The van der Waals surface area contributed by atoms with Gasteiger partial charge in [0.15, 0.2) is 11.5 Å². The Morgan fingerprint density at radius 2 is 2.14 bits per heavy atom. The first kappa shape index (κ1) is 19.1. The zero-order valence-electron chi connectivity index (χ0n) is 16.7. The first-order valence-corrected chi connectivity index (χ1v) is 9.93. The van der Waals surface area contributed by atoms with Gasteiger partial charge in [0.25, 0.3) is 0 Å². The summed E-state index contributed by atoms with van der Waals surface area (Å²) in [6.45, 7) is 3.21. The third kappa shape index (κ3) is 3.97. The number of rotatable bonds is 6. The van der Waals surface area contributed by atoms with Gasteiger partial charge in [0, 0.05) is 12.6 Å². The second-order valence-electron chi connectivity index (χ2n) is 7.01. The van der Waals surface area contributed by atoms with Crippen LogP contribution in [-0.4, -0.2) is 41.0 Å². The third-order valence-electron chi connectivity index (χ3n) is 5.17. The molecule has 1 unspecified atom stereocenters. The predicted octanol–water partition coefficient (Wildman–Crippen LogP) is 4.35. The molecule has 1 aromatic heterocycles. The number of hydrogen-bond acceptors (Lipinski definition) is 4. The Morgan fingerprint density at radius 3 is 2.93 bits per heavy atom. The minimum absolute atomic E-state index is 0.0123. The minimum atomic E-state index is -0.0191. The van der Waals surface area contributed by atoms with Gasteiger partial charge in [-0.25, -0.2) is 4.98 Å². The van der Waals surface area contributed by atoms with Crippen molar-refractivity contribution >= 4 is 23.0 Å². The molecule has 2 heterocycles. The maximum absolute atomic E-state index is 12.9. The standard InChI is InChI=1S/C23H25N3O3/c1-3-29-21-15-16(10-12-20(21)28-2)11-13-22(27)26-14-6-9-19(26)23-24-17-7-4-5-8-18(17)25-23/h4-5,7-8,10-13,15,19H,3,6,9,14H2,1-2H3,(H,24,25). The number of fused-ring (bicyclic) bond motifs is 1. The molecule has 6 nitrogen and oxygen atoms in total. The van der Waals surface area contributed by atoms with E-state index in [1.54, 1.807) is 13.2 Å². The lowest BCUT2D eigenvalue weighted by Gasteiger charge is -2.21. The lowest BCUT2D eigenvalue weighted by atomic mass is 10.1. The molecule has 4 rings (SSSR count). The lowest BCUT2D eigenvalue weighted by molar-refractivity contribution is -0.126. The Kier molecular flexibility index (Phi) is 5.51. The molecular weight excluding hydrogens is 366 g/mol. The van der Waals surface area contributed by atoms with Crippen molar-refractivity contribution in [3.8, 4) is 11.5 Å². The van der Waals surface area contributed by atoms with E-state index in [1.165, 1.54) is 0 Å². The first-order chi connectivity index (χ1) is 14.2. The minimum Gasteiger partial charge on any atom is -0.493 e. The average molecular weight is 391 g/mol. The number of imidazole rings is 1. The summed E-state index contributed by atoms with van der Waals surface area (Å²) in [6.07, 6.45) is 5.32. The molecule has 2 aromatic carbocycles. The molecule has 1 aliphatic heterocycles. The van der Waals surface area contributed by atoms with Gasteiger partial charge < -0.3 is 19.4 Å². The van der Waals surface area contributed by atoms with Crippen LogP contribution in [0.2, 0.25) is 0 Å². The molecule has 1 fully saturated rings. The number of para-hydroxylation sites is 2. The van der Waals surface area contributed by atoms with E-state index in [1.807, 2.05) is 60.4 Å². The molecule has 0 radical (unpaired) electrons. The highest BCUT2D eigenvalue weighted by Gasteiger charge is 2.31. The van der Waals surface area contributed by atoms with Crippen molar-refractivity contribution in [1.29, 1.82) is 0 Å². The van der Waals surface area contributed by atoms with Crippen molar-refractivity contribution in [1.82, 2.24) is 14.9 Å². The van der Waals surface area contributed by atoms with E-state index in [4.69, 9.17) is 14.5 Å². The molecule has 1 N–H and O–H groups in total. The zero-order chi connectivity index (χ0) is 20.2. The van der Waals surface area contributed by atoms with E-state index >= 15 is 0 Å². The number of methoxy groups -OCH3 is 1. The van der Waals surface area contributed by atoms with Gasteiger partial charge in [-0.1, -0.05) is 18.2 Å². The van der Waals surface area contributed by atoms with Crippen LogP contribution in [0.1, 0.15) is 37.2 Å². The van der Waals surface area contributed by atoms with Gasteiger partial charge in [-0.3, -0.25) is 4.79 Å². The van der Waals surface area contributed by atoms with E-state index in [2.05, 4.69) is 4.98 Å². The summed E-state index contributed by atoms with van der Waals surface area (Å²) < 4.78 is 10.9. The largest absolute Gasteiger partial charge is 0.493 e. The summed E-state index contributed by atoms with van der Waals surface area (Å²) in [4.78, 5) is 22.8. The number of likely N-dealkylation sites (tertiary alicyclic amines) is 1. The van der Waals surface area contributed by atoms with Gasteiger partial charge in [0.2, 0.25) is 5.91 Å². The number of ether oxygens (including phenoxy) is 2. The molecule has 150 valence electrons. The second-order valence-corrected chi connectivity index (χ2v) is 7.01. The summed E-state index contributed by atoms with van der Waals surface area (Å²) in [7, 11) is 1.61. The average Bonchev–Trinajstić information content (AvgIpc) is 3.39. The maximum atomic E-state index is 12.9. The van der Waals surface area contributed by atoms with Gasteiger partial charge in [0.1, 0.15) is 5.82 Å². The summed E-state index contributed by atoms with van der Waals surface area (Å²) in [6, 6.07) is 13.6. The third-order valence-corrected chi connectivity index (χ3v) is 5.17. The van der Waals surface area contributed by atoms with Crippen LogP contribution in [0.15, 0.2) is 48.5 Å². The molecule has 0 spiro atoms. The fourth-order valence-corrected chi connectivity index (χ4v) is 3.77. The molecule has 1 saturated heterocycles. The number of aromatic nitrogens is 2. The molecular formula is C23H25N3O3. The van der Waals surface area contributed by atoms with E-state index < -0.39 is 0 Å². The van der Waals surface area contributed by atoms with E-state index in [0.717, 1.165) is 41.8 Å². The van der Waals surface area contributed by atoms with Crippen LogP contribution in [0.5, 0.6) is 11.5 Å². The Labute approximate surface area is 170 Å². The first-order valence-electron chi connectivity index (χ1n) is 9.93. The number of carbonyl (C=O) groups excluding carboxylic acids is 1. The van der Waals surface area contributed by atoms with Gasteiger partial charge in [-0.05, 0) is 55.7 Å². The number of nitrogens with zero attached hydrogens (tertiary/aromatic N) is 2. The van der Waals surface area contributed by atoms with Crippen LogP contribution < -0.4 is 9.47 Å². The summed E-state index contributed by atoms with van der Waals surface area (Å²) in [5.41, 5.74) is 2.82. The lowest BCUT2D eigenvalue weighted by Crippen LogP contribution is -2.29. The molecule has 3 aromatic rings. The van der Waals surface area contributed by atoms with Gasteiger partial charge in [0.05, 0.1) is 30.8 Å². The molecule has 0 aliphatic carbocycles. The Morgan fingerprint density at radius 1 is 1.28 bits per heavy atom. The Hall–Kier alpha value is -3.28.